The molecule has 0 fully saturated rings. The van der Waals surface area contributed by atoms with Gasteiger partial charge < -0.3 is 15.2 Å². The maximum absolute atomic E-state index is 10.6. The number of rotatable bonds is 2. The van der Waals surface area contributed by atoms with E-state index in [2.05, 4.69) is 15.0 Å². The number of aromatic carboxylic acids is 1. The maximum Gasteiger partial charge on any atom is 0.354 e. The van der Waals surface area contributed by atoms with Gasteiger partial charge in [0.05, 0.1) is 5.52 Å². The number of hydrogen-bond donors (Lipinski definition) is 3. The second kappa shape index (κ2) is 3.32. The highest BCUT2D eigenvalue weighted by Gasteiger charge is 2.11. The van der Waals surface area contributed by atoms with Crippen LogP contribution in [0.1, 0.15) is 29.3 Å². The summed E-state index contributed by atoms with van der Waals surface area (Å²) < 4.78 is 0. The van der Waals surface area contributed by atoms with Gasteiger partial charge in [0.1, 0.15) is 11.9 Å². The largest absolute Gasteiger partial charge is 0.477 e. The lowest BCUT2D eigenvalue weighted by atomic mass is 10.3. The number of nitrogens with one attached hydrogen (secondary N) is 1. The van der Waals surface area contributed by atoms with Gasteiger partial charge in [-0.1, -0.05) is 0 Å². The van der Waals surface area contributed by atoms with Crippen LogP contribution in [-0.2, 0) is 0 Å². The fourth-order valence-corrected chi connectivity index (χ4v) is 1.23. The van der Waals surface area contributed by atoms with E-state index in [1.165, 1.54) is 6.07 Å². The highest BCUT2D eigenvalue weighted by Crippen LogP contribution is 2.14. The third-order valence-electron chi connectivity index (χ3n) is 1.98. The van der Waals surface area contributed by atoms with E-state index in [0.717, 1.165) is 0 Å². The van der Waals surface area contributed by atoms with Gasteiger partial charge in [-0.2, -0.15) is 0 Å². The SMILES string of the molecule is C[C@H](O)c1nc2nc(C(=O)O)ccc2[nH]1. The van der Waals surface area contributed by atoms with Crippen LogP contribution in [-0.4, -0.2) is 31.1 Å². The standard InChI is InChI=1S/C9H9N3O3/c1-4(13)7-10-5-2-3-6(9(14)15)11-8(5)12-7/h2-4,13H,1H3,(H,14,15)(H,10,11,12)/t4-/m0/s1. The molecule has 0 aromatic carbocycles. The number of pyridine rings is 1. The minimum absolute atomic E-state index is 0.0638. The van der Waals surface area contributed by atoms with E-state index in [1.54, 1.807) is 13.0 Å². The first-order valence-electron chi connectivity index (χ1n) is 4.36. The Hall–Kier alpha value is -1.95. The van der Waals surface area contributed by atoms with Gasteiger partial charge in [-0.25, -0.2) is 14.8 Å². The summed E-state index contributed by atoms with van der Waals surface area (Å²) >= 11 is 0. The van der Waals surface area contributed by atoms with Gasteiger partial charge in [0, 0.05) is 0 Å². The zero-order valence-corrected chi connectivity index (χ0v) is 7.93. The Morgan fingerprint density at radius 1 is 1.47 bits per heavy atom. The van der Waals surface area contributed by atoms with E-state index in [9.17, 15) is 9.90 Å². The number of aliphatic hydroxyl groups excluding tert-OH is 1. The molecule has 0 amide bonds. The first kappa shape index (κ1) is 9.60. The van der Waals surface area contributed by atoms with Crippen LogP contribution < -0.4 is 0 Å². The number of fused-ring (bicyclic) bond motifs is 1. The molecule has 0 aliphatic rings. The highest BCUT2D eigenvalue weighted by molar-refractivity contribution is 5.88. The Kier molecular flexibility index (Phi) is 2.12. The van der Waals surface area contributed by atoms with Crippen molar-refractivity contribution < 1.29 is 15.0 Å². The van der Waals surface area contributed by atoms with Crippen LogP contribution >= 0.6 is 0 Å². The molecule has 1 atom stereocenters. The molecule has 6 nitrogen and oxygen atoms in total. The monoisotopic (exact) mass is 207 g/mol. The van der Waals surface area contributed by atoms with Crippen molar-refractivity contribution in [3.05, 3.63) is 23.7 Å². The third-order valence-corrected chi connectivity index (χ3v) is 1.98. The number of hydrogen-bond acceptors (Lipinski definition) is 4. The summed E-state index contributed by atoms with van der Waals surface area (Å²) in [6, 6.07) is 2.96. The molecule has 15 heavy (non-hydrogen) atoms. The Labute approximate surface area is 84.6 Å². The fourth-order valence-electron chi connectivity index (χ4n) is 1.23. The zero-order chi connectivity index (χ0) is 11.0. The van der Waals surface area contributed by atoms with E-state index in [-0.39, 0.29) is 5.69 Å². The number of carboxylic acid groups (broad SMARTS) is 1. The molecule has 2 aromatic heterocycles. The molecule has 3 N–H and O–H groups in total. The molecule has 0 aliphatic carbocycles. The molecule has 0 bridgehead atoms. The van der Waals surface area contributed by atoms with Crippen molar-refractivity contribution in [3.63, 3.8) is 0 Å². The van der Waals surface area contributed by atoms with Gasteiger partial charge in [0.2, 0.25) is 0 Å². The van der Waals surface area contributed by atoms with Gasteiger partial charge >= 0.3 is 5.97 Å². The van der Waals surface area contributed by atoms with Crippen molar-refractivity contribution in [1.29, 1.82) is 0 Å². The second-order valence-electron chi connectivity index (χ2n) is 3.17. The molecule has 2 aromatic rings. The summed E-state index contributed by atoms with van der Waals surface area (Å²) in [5, 5.41) is 18.0. The molecule has 2 heterocycles. The lowest BCUT2D eigenvalue weighted by Gasteiger charge is -1.94. The number of H-pyrrole nitrogens is 1. The van der Waals surface area contributed by atoms with Crippen molar-refractivity contribution in [3.8, 4) is 0 Å². The van der Waals surface area contributed by atoms with Crippen molar-refractivity contribution in [2.75, 3.05) is 0 Å². The summed E-state index contributed by atoms with van der Waals surface area (Å²) in [4.78, 5) is 21.3. The Balaban J connectivity index is 2.57. The molecule has 6 heteroatoms. The summed E-state index contributed by atoms with van der Waals surface area (Å²) in [5.74, 6) is -0.724. The number of nitrogens with zero attached hydrogens (tertiary/aromatic N) is 2. The van der Waals surface area contributed by atoms with E-state index >= 15 is 0 Å². The van der Waals surface area contributed by atoms with Crippen LogP contribution in [0.5, 0.6) is 0 Å². The lowest BCUT2D eigenvalue weighted by molar-refractivity contribution is 0.0691. The number of aromatic amines is 1. The van der Waals surface area contributed by atoms with Crippen LogP contribution in [0.25, 0.3) is 11.2 Å². The van der Waals surface area contributed by atoms with Gasteiger partial charge in [-0.15, -0.1) is 0 Å². The molecular weight excluding hydrogens is 198 g/mol. The predicted octanol–water partition coefficient (Wildman–Crippen LogP) is 0.709. The molecule has 0 aliphatic heterocycles. The minimum atomic E-state index is -1.10. The fraction of sp³-hybridized carbons (Fsp3) is 0.222. The van der Waals surface area contributed by atoms with E-state index in [0.29, 0.717) is 17.0 Å². The zero-order valence-electron chi connectivity index (χ0n) is 7.93. The van der Waals surface area contributed by atoms with Crippen molar-refractivity contribution in [1.82, 2.24) is 15.0 Å². The first-order valence-corrected chi connectivity index (χ1v) is 4.36. The van der Waals surface area contributed by atoms with Gasteiger partial charge in [0.15, 0.2) is 11.3 Å². The molecule has 0 unspecified atom stereocenters. The first-order chi connectivity index (χ1) is 7.08. The maximum atomic E-state index is 10.6. The summed E-state index contributed by atoms with van der Waals surface area (Å²) in [5.41, 5.74) is 0.841. The van der Waals surface area contributed by atoms with Crippen molar-refractivity contribution in [2.45, 2.75) is 13.0 Å². The van der Waals surface area contributed by atoms with Crippen molar-refractivity contribution >= 4 is 17.1 Å². The number of carboxylic acids is 1. The minimum Gasteiger partial charge on any atom is -0.477 e. The highest BCUT2D eigenvalue weighted by atomic mass is 16.4. The quantitative estimate of drug-likeness (QED) is 0.673. The molecule has 0 radical (unpaired) electrons. The van der Waals surface area contributed by atoms with Gasteiger partial charge in [-0.3, -0.25) is 0 Å². The van der Waals surface area contributed by atoms with Crippen LogP contribution in [0.4, 0.5) is 0 Å². The molecular formula is C9H9N3O3. The van der Waals surface area contributed by atoms with Crippen LogP contribution in [0.3, 0.4) is 0 Å². The number of carbonyl (C=O) groups is 1. The number of aliphatic hydroxyl groups is 1. The smallest absolute Gasteiger partial charge is 0.354 e. The van der Waals surface area contributed by atoms with Crippen LogP contribution in [0, 0.1) is 0 Å². The molecule has 0 spiro atoms. The Morgan fingerprint density at radius 3 is 2.80 bits per heavy atom. The number of aromatic nitrogens is 3. The van der Waals surface area contributed by atoms with Gasteiger partial charge in [-0.05, 0) is 19.1 Å². The van der Waals surface area contributed by atoms with Gasteiger partial charge in [0.25, 0.3) is 0 Å². The molecule has 0 saturated heterocycles. The normalized spacial score (nSPS) is 12.9. The van der Waals surface area contributed by atoms with E-state index < -0.39 is 12.1 Å². The third kappa shape index (κ3) is 1.66. The topological polar surface area (TPSA) is 99.1 Å². The molecule has 78 valence electrons. The van der Waals surface area contributed by atoms with Crippen LogP contribution in [0.15, 0.2) is 12.1 Å². The summed E-state index contributed by atoms with van der Waals surface area (Å²) in [6.07, 6.45) is -0.729. The molecule has 0 saturated carbocycles. The number of imidazole rings is 1. The Bertz CT molecular complexity index is 518. The predicted molar refractivity (Wildman–Crippen MR) is 51.5 cm³/mol. The van der Waals surface area contributed by atoms with E-state index in [1.807, 2.05) is 0 Å². The average molecular weight is 207 g/mol. The second-order valence-corrected chi connectivity index (χ2v) is 3.17. The Morgan fingerprint density at radius 2 is 2.20 bits per heavy atom. The molecule has 2 rings (SSSR count). The lowest BCUT2D eigenvalue weighted by Crippen LogP contribution is -1.99. The van der Waals surface area contributed by atoms with Crippen molar-refractivity contribution in [2.24, 2.45) is 0 Å². The summed E-state index contributed by atoms with van der Waals surface area (Å²) in [6.45, 7) is 1.57. The van der Waals surface area contributed by atoms with E-state index in [4.69, 9.17) is 5.11 Å². The van der Waals surface area contributed by atoms with Crippen LogP contribution in [0.2, 0.25) is 0 Å². The average Bonchev–Trinajstić information content (AvgIpc) is 2.59. The summed E-state index contributed by atoms with van der Waals surface area (Å²) in [7, 11) is 0.